The molecule has 2 fully saturated rings. The van der Waals surface area contributed by atoms with Gasteiger partial charge in [0.2, 0.25) is 5.91 Å². The highest BCUT2D eigenvalue weighted by Gasteiger charge is 2.42. The molecule has 0 aliphatic carbocycles. The number of methoxy groups -OCH3 is 1. The molecule has 8 heteroatoms. The lowest BCUT2D eigenvalue weighted by Gasteiger charge is -2.39. The normalized spacial score (nSPS) is 27.0. The molecule has 0 radical (unpaired) electrons. The fourth-order valence-corrected chi connectivity index (χ4v) is 4.74. The molecule has 1 aromatic rings. The fourth-order valence-electron chi connectivity index (χ4n) is 3.47. The zero-order valence-corrected chi connectivity index (χ0v) is 15.5. The lowest BCUT2D eigenvalue weighted by atomic mass is 9.98. The average Bonchev–Trinajstić information content (AvgIpc) is 2.64. The predicted molar refractivity (Wildman–Crippen MR) is 94.4 cm³/mol. The van der Waals surface area contributed by atoms with Gasteiger partial charge in [0.1, 0.15) is 11.8 Å². The maximum absolute atomic E-state index is 12.9. The smallest absolute Gasteiger partial charge is 0.280 e. The van der Waals surface area contributed by atoms with E-state index < -0.39 is 22.3 Å². The van der Waals surface area contributed by atoms with Crippen LogP contribution in [0.1, 0.15) is 37.3 Å². The lowest BCUT2D eigenvalue weighted by molar-refractivity contribution is -0.136. The molecule has 7 nitrogen and oxygen atoms in total. The number of carbonyl (C=O) groups is 1. The molecule has 1 aromatic carbocycles. The van der Waals surface area contributed by atoms with Gasteiger partial charge in [-0.05, 0) is 43.4 Å². The van der Waals surface area contributed by atoms with Crippen LogP contribution < -0.4 is 9.46 Å². The number of likely N-dealkylation sites (N-methyl/N-ethyl adjacent to an activating group) is 1. The number of nitrogens with zero attached hydrogens (tertiary/aromatic N) is 2. The van der Waals surface area contributed by atoms with E-state index in [1.807, 2.05) is 12.1 Å². The van der Waals surface area contributed by atoms with Crippen molar-refractivity contribution in [1.29, 1.82) is 0 Å². The predicted octanol–water partition coefficient (Wildman–Crippen LogP) is 1.29. The molecule has 1 N–H and O–H groups in total. The highest BCUT2D eigenvalue weighted by atomic mass is 32.2. The Morgan fingerprint density at radius 1 is 1.16 bits per heavy atom. The summed E-state index contributed by atoms with van der Waals surface area (Å²) in [6.45, 7) is 1.42. The molecule has 3 rings (SSSR count). The molecule has 0 aromatic heterocycles. The highest BCUT2D eigenvalue weighted by Crippen LogP contribution is 2.30. The first-order valence-electron chi connectivity index (χ1n) is 8.60. The molecule has 138 valence electrons. The number of hydrogen-bond donors (Lipinski definition) is 1. The molecule has 2 unspecified atom stereocenters. The summed E-state index contributed by atoms with van der Waals surface area (Å²) in [6, 6.07) is 6.16. The second-order valence-corrected chi connectivity index (χ2v) is 8.36. The summed E-state index contributed by atoms with van der Waals surface area (Å²) in [5.41, 5.74) is 0.828. The van der Waals surface area contributed by atoms with E-state index in [-0.39, 0.29) is 5.91 Å². The minimum atomic E-state index is -3.70. The minimum Gasteiger partial charge on any atom is -0.497 e. The van der Waals surface area contributed by atoms with E-state index in [1.165, 1.54) is 11.4 Å². The SMILES string of the molecule is COc1ccc(C2CC(C(=O)N3CCCCC3)N(C)S(=O)(=O)N2)cc1. The average molecular weight is 367 g/mol. The van der Waals surface area contributed by atoms with Crippen LogP contribution >= 0.6 is 0 Å². The van der Waals surface area contributed by atoms with Crippen molar-refractivity contribution in [3.63, 3.8) is 0 Å². The van der Waals surface area contributed by atoms with Gasteiger partial charge < -0.3 is 9.64 Å². The van der Waals surface area contributed by atoms with Gasteiger partial charge in [-0.25, -0.2) is 0 Å². The molecule has 2 saturated heterocycles. The Morgan fingerprint density at radius 2 is 1.80 bits per heavy atom. The first kappa shape index (κ1) is 18.2. The van der Waals surface area contributed by atoms with Gasteiger partial charge in [0.05, 0.1) is 7.11 Å². The number of ether oxygens (including phenoxy) is 1. The molecular weight excluding hydrogens is 342 g/mol. The number of amides is 1. The van der Waals surface area contributed by atoms with Crippen molar-refractivity contribution < 1.29 is 17.9 Å². The maximum atomic E-state index is 12.9. The number of piperidine rings is 1. The van der Waals surface area contributed by atoms with Crippen molar-refractivity contribution in [2.45, 2.75) is 37.8 Å². The largest absolute Gasteiger partial charge is 0.497 e. The monoisotopic (exact) mass is 367 g/mol. The molecule has 2 heterocycles. The van der Waals surface area contributed by atoms with E-state index in [0.29, 0.717) is 25.3 Å². The van der Waals surface area contributed by atoms with E-state index in [9.17, 15) is 13.2 Å². The zero-order chi connectivity index (χ0) is 18.0. The molecule has 2 atom stereocenters. The van der Waals surface area contributed by atoms with Gasteiger partial charge >= 0.3 is 0 Å². The Kier molecular flexibility index (Phi) is 5.31. The second-order valence-electron chi connectivity index (χ2n) is 6.60. The van der Waals surface area contributed by atoms with Gasteiger partial charge in [0, 0.05) is 26.2 Å². The third kappa shape index (κ3) is 3.80. The Balaban J connectivity index is 1.83. The van der Waals surface area contributed by atoms with Crippen LogP contribution in [-0.4, -0.2) is 56.8 Å². The molecular formula is C17H25N3O4S. The topological polar surface area (TPSA) is 79.0 Å². The summed E-state index contributed by atoms with van der Waals surface area (Å²) in [4.78, 5) is 14.7. The quantitative estimate of drug-likeness (QED) is 0.873. The third-order valence-electron chi connectivity index (χ3n) is 5.04. The maximum Gasteiger partial charge on any atom is 0.280 e. The summed E-state index contributed by atoms with van der Waals surface area (Å²) in [6.07, 6.45) is 3.50. The number of carbonyl (C=O) groups excluding carboxylic acids is 1. The van der Waals surface area contributed by atoms with Crippen molar-refractivity contribution in [2.75, 3.05) is 27.2 Å². The highest BCUT2D eigenvalue weighted by molar-refractivity contribution is 7.87. The van der Waals surface area contributed by atoms with Crippen LogP contribution in [0.25, 0.3) is 0 Å². The van der Waals surface area contributed by atoms with Gasteiger partial charge in [-0.2, -0.15) is 17.4 Å². The van der Waals surface area contributed by atoms with Crippen LogP contribution in [-0.2, 0) is 15.0 Å². The Labute approximate surface area is 149 Å². The Morgan fingerprint density at radius 3 is 2.40 bits per heavy atom. The molecule has 2 aliphatic heterocycles. The van der Waals surface area contributed by atoms with Gasteiger partial charge in [-0.3, -0.25) is 4.79 Å². The summed E-state index contributed by atoms with van der Waals surface area (Å²) in [5.74, 6) is 0.617. The van der Waals surface area contributed by atoms with Crippen LogP contribution in [0.15, 0.2) is 24.3 Å². The van der Waals surface area contributed by atoms with Crippen molar-refractivity contribution >= 4 is 16.1 Å². The van der Waals surface area contributed by atoms with E-state index in [2.05, 4.69) is 4.72 Å². The summed E-state index contributed by atoms with van der Waals surface area (Å²) >= 11 is 0. The Hall–Kier alpha value is -1.64. The van der Waals surface area contributed by atoms with E-state index >= 15 is 0 Å². The molecule has 2 aliphatic rings. The van der Waals surface area contributed by atoms with Crippen LogP contribution in [0, 0.1) is 0 Å². The van der Waals surface area contributed by atoms with E-state index in [1.54, 1.807) is 24.1 Å². The number of nitrogens with one attached hydrogen (secondary N) is 1. The summed E-state index contributed by atoms with van der Waals surface area (Å²) in [7, 11) is -0.647. The Bertz CT molecular complexity index is 714. The molecule has 1 amide bonds. The molecule has 0 bridgehead atoms. The molecule has 0 spiro atoms. The minimum absolute atomic E-state index is 0.0919. The first-order chi connectivity index (χ1) is 11.9. The first-order valence-corrected chi connectivity index (χ1v) is 10.0. The van der Waals surface area contributed by atoms with Crippen molar-refractivity contribution in [3.05, 3.63) is 29.8 Å². The fraction of sp³-hybridized carbons (Fsp3) is 0.588. The lowest BCUT2D eigenvalue weighted by Crippen LogP contribution is -2.58. The standard InChI is InChI=1S/C17H25N3O4S/c1-19-16(17(21)20-10-4-3-5-11-20)12-15(18-25(19,22)23)13-6-8-14(24-2)9-7-13/h6-9,15-16,18H,3-5,10-12H2,1-2H3. The van der Waals surface area contributed by atoms with Gasteiger partial charge in [-0.15, -0.1) is 0 Å². The molecule has 0 saturated carbocycles. The van der Waals surface area contributed by atoms with Crippen molar-refractivity contribution in [3.8, 4) is 5.75 Å². The number of rotatable bonds is 3. The van der Waals surface area contributed by atoms with Crippen molar-refractivity contribution in [2.24, 2.45) is 0 Å². The number of likely N-dealkylation sites (tertiary alicyclic amines) is 1. The van der Waals surface area contributed by atoms with Crippen LogP contribution in [0.5, 0.6) is 5.75 Å². The summed E-state index contributed by atoms with van der Waals surface area (Å²) in [5, 5.41) is 0. The van der Waals surface area contributed by atoms with Crippen LogP contribution in [0.4, 0.5) is 0 Å². The zero-order valence-electron chi connectivity index (χ0n) is 14.6. The number of benzene rings is 1. The van der Waals surface area contributed by atoms with Gasteiger partial charge in [-0.1, -0.05) is 12.1 Å². The number of hydrogen-bond acceptors (Lipinski definition) is 4. The van der Waals surface area contributed by atoms with Crippen molar-refractivity contribution in [1.82, 2.24) is 13.9 Å². The third-order valence-corrected chi connectivity index (χ3v) is 6.63. The molecule has 25 heavy (non-hydrogen) atoms. The second kappa shape index (κ2) is 7.31. The van der Waals surface area contributed by atoms with E-state index in [0.717, 1.165) is 24.8 Å². The van der Waals surface area contributed by atoms with Crippen LogP contribution in [0.2, 0.25) is 0 Å². The van der Waals surface area contributed by atoms with Gasteiger partial charge in [0.25, 0.3) is 10.2 Å². The van der Waals surface area contributed by atoms with Crippen LogP contribution in [0.3, 0.4) is 0 Å². The summed E-state index contributed by atoms with van der Waals surface area (Å²) < 4.78 is 34.0. The van der Waals surface area contributed by atoms with E-state index in [4.69, 9.17) is 4.74 Å². The van der Waals surface area contributed by atoms with Gasteiger partial charge in [0.15, 0.2) is 0 Å².